The third-order valence-corrected chi connectivity index (χ3v) is 8.27. The molecule has 5 rings (SSSR count). The molecule has 0 amide bonds. The van der Waals surface area contributed by atoms with Crippen LogP contribution < -0.4 is 0 Å². The van der Waals surface area contributed by atoms with Crippen LogP contribution in [-0.2, 0) is 16.1 Å². The van der Waals surface area contributed by atoms with E-state index in [-0.39, 0.29) is 35.4 Å². The molecule has 4 aliphatic carbocycles. The average Bonchev–Trinajstić information content (AvgIpc) is 3.44. The predicted octanol–water partition coefficient (Wildman–Crippen LogP) is 6.28. The Morgan fingerprint density at radius 2 is 1.59 bits per heavy atom. The maximum Gasteiger partial charge on any atom is 0.311 e. The zero-order valence-electron chi connectivity index (χ0n) is 17.2. The van der Waals surface area contributed by atoms with Crippen LogP contribution in [-0.4, -0.2) is 17.0 Å². The fourth-order valence-electron chi connectivity index (χ4n) is 6.81. The summed E-state index contributed by atoms with van der Waals surface area (Å²) < 4.78 is 5.76. The van der Waals surface area contributed by atoms with Gasteiger partial charge < -0.3 is 4.74 Å². The number of hydrogen-bond donors (Lipinski definition) is 0. The van der Waals surface area contributed by atoms with E-state index in [0.29, 0.717) is 12.5 Å². The monoisotopic (exact) mass is 416 g/mol. The molecule has 158 valence electrons. The van der Waals surface area contributed by atoms with Crippen molar-refractivity contribution < 1.29 is 9.53 Å². The molecule has 0 bridgehead atoms. The van der Waals surface area contributed by atoms with E-state index in [1.165, 1.54) is 51.4 Å². The van der Waals surface area contributed by atoms with Gasteiger partial charge in [-0.3, -0.25) is 4.79 Å². The minimum Gasteiger partial charge on any atom is -0.461 e. The first-order valence-corrected chi connectivity index (χ1v) is 11.4. The Kier molecular flexibility index (Phi) is 6.02. The Morgan fingerprint density at radius 1 is 0.897 bits per heavy atom. The number of azo groups is 1. The molecule has 0 aromatic heterocycles. The van der Waals surface area contributed by atoms with E-state index in [9.17, 15) is 4.79 Å². The topological polar surface area (TPSA) is 51.0 Å². The van der Waals surface area contributed by atoms with E-state index in [1.807, 2.05) is 30.3 Å². The smallest absolute Gasteiger partial charge is 0.311 e. The first-order chi connectivity index (χ1) is 13.7. The molecule has 1 aromatic rings. The van der Waals surface area contributed by atoms with Crippen molar-refractivity contribution in [2.24, 2.45) is 28.0 Å². The largest absolute Gasteiger partial charge is 0.461 e. The van der Waals surface area contributed by atoms with Crippen molar-refractivity contribution in [2.75, 3.05) is 0 Å². The summed E-state index contributed by atoms with van der Waals surface area (Å²) in [5.41, 5.74) is 0.868. The fraction of sp³-hybridized carbons (Fsp3) is 0.708. The van der Waals surface area contributed by atoms with Gasteiger partial charge in [0.15, 0.2) is 0 Å². The molecule has 4 nitrogen and oxygen atoms in total. The van der Waals surface area contributed by atoms with Gasteiger partial charge in [-0.05, 0) is 68.8 Å². The number of benzene rings is 1. The Hall–Kier alpha value is -1.42. The third-order valence-electron chi connectivity index (χ3n) is 8.27. The second-order valence-corrected chi connectivity index (χ2v) is 9.59. The number of esters is 1. The second-order valence-electron chi connectivity index (χ2n) is 9.59. The summed E-state index contributed by atoms with van der Waals surface area (Å²) in [5, 5.41) is 10.2. The lowest BCUT2D eigenvalue weighted by Gasteiger charge is -2.32. The molecular weight excluding hydrogens is 384 g/mol. The molecule has 3 atom stereocenters. The highest BCUT2D eigenvalue weighted by molar-refractivity contribution is 5.85. The number of fused-ring (bicyclic) bond motifs is 2. The van der Waals surface area contributed by atoms with E-state index in [2.05, 4.69) is 0 Å². The Morgan fingerprint density at radius 3 is 2.34 bits per heavy atom. The van der Waals surface area contributed by atoms with Crippen molar-refractivity contribution >= 4 is 18.4 Å². The van der Waals surface area contributed by atoms with Crippen LogP contribution >= 0.6 is 12.4 Å². The fourth-order valence-corrected chi connectivity index (χ4v) is 6.81. The third kappa shape index (κ3) is 3.62. The SMILES string of the molecule is Cl.O=C(OCc1ccccc1)[C@H]1CC[C@@H]2CCC[C@]21N=NC12CCCC1CCC2. The maximum atomic E-state index is 13.1. The van der Waals surface area contributed by atoms with Gasteiger partial charge in [-0.25, -0.2) is 0 Å². The number of hydrogen-bond acceptors (Lipinski definition) is 4. The van der Waals surface area contributed by atoms with Gasteiger partial charge in [0, 0.05) is 0 Å². The van der Waals surface area contributed by atoms with Crippen LogP contribution in [0.15, 0.2) is 40.6 Å². The number of rotatable bonds is 5. The van der Waals surface area contributed by atoms with Gasteiger partial charge in [0.2, 0.25) is 0 Å². The summed E-state index contributed by atoms with van der Waals surface area (Å²) >= 11 is 0. The molecule has 0 unspecified atom stereocenters. The molecular formula is C24H33ClN2O2. The molecule has 4 fully saturated rings. The molecule has 0 N–H and O–H groups in total. The Labute approximate surface area is 180 Å². The Balaban J connectivity index is 0.00000205. The van der Waals surface area contributed by atoms with Gasteiger partial charge in [-0.1, -0.05) is 49.6 Å². The summed E-state index contributed by atoms with van der Waals surface area (Å²) in [5.74, 6) is 1.09. The molecule has 4 saturated carbocycles. The number of carbonyl (C=O) groups excluding carboxylic acids is 1. The van der Waals surface area contributed by atoms with Crippen LogP contribution in [0.2, 0.25) is 0 Å². The van der Waals surface area contributed by atoms with Gasteiger partial charge >= 0.3 is 5.97 Å². The molecule has 4 aliphatic rings. The van der Waals surface area contributed by atoms with Crippen LogP contribution in [0.3, 0.4) is 0 Å². The summed E-state index contributed by atoms with van der Waals surface area (Å²) in [6, 6.07) is 9.98. The quantitative estimate of drug-likeness (QED) is 0.419. The zero-order chi connectivity index (χ0) is 19.0. The van der Waals surface area contributed by atoms with E-state index < -0.39 is 0 Å². The van der Waals surface area contributed by atoms with Crippen molar-refractivity contribution in [2.45, 2.75) is 88.3 Å². The first kappa shape index (κ1) is 20.8. The number of nitrogens with zero attached hydrogens (tertiary/aromatic N) is 2. The van der Waals surface area contributed by atoms with Crippen molar-refractivity contribution in [1.82, 2.24) is 0 Å². The number of carbonyl (C=O) groups is 1. The van der Waals surface area contributed by atoms with E-state index in [1.54, 1.807) is 0 Å². The molecule has 0 heterocycles. The van der Waals surface area contributed by atoms with Crippen molar-refractivity contribution in [3.8, 4) is 0 Å². The van der Waals surface area contributed by atoms with E-state index >= 15 is 0 Å². The molecule has 0 saturated heterocycles. The highest BCUT2D eigenvalue weighted by atomic mass is 35.5. The zero-order valence-corrected chi connectivity index (χ0v) is 18.0. The summed E-state index contributed by atoms with van der Waals surface area (Å²) in [4.78, 5) is 13.1. The van der Waals surface area contributed by atoms with E-state index in [4.69, 9.17) is 15.0 Å². The second kappa shape index (κ2) is 8.37. The molecule has 0 aliphatic heterocycles. The first-order valence-electron chi connectivity index (χ1n) is 11.4. The minimum atomic E-state index is -0.280. The average molecular weight is 417 g/mol. The highest BCUT2D eigenvalue weighted by Crippen LogP contribution is 2.56. The van der Waals surface area contributed by atoms with Gasteiger partial charge in [-0.2, -0.15) is 10.2 Å². The summed E-state index contributed by atoms with van der Waals surface area (Å²) in [6.45, 7) is 0.361. The summed E-state index contributed by atoms with van der Waals surface area (Å²) in [6.07, 6.45) is 13.0. The van der Waals surface area contributed by atoms with Crippen LogP contribution in [0.25, 0.3) is 0 Å². The predicted molar refractivity (Wildman–Crippen MR) is 115 cm³/mol. The van der Waals surface area contributed by atoms with Crippen LogP contribution in [0.5, 0.6) is 0 Å². The van der Waals surface area contributed by atoms with Gasteiger partial charge in [0.05, 0.1) is 17.0 Å². The van der Waals surface area contributed by atoms with Crippen molar-refractivity contribution in [1.29, 1.82) is 0 Å². The van der Waals surface area contributed by atoms with Crippen molar-refractivity contribution in [3.63, 3.8) is 0 Å². The lowest BCUT2D eigenvalue weighted by molar-refractivity contribution is -0.152. The molecule has 1 aromatic carbocycles. The van der Waals surface area contributed by atoms with Crippen LogP contribution in [0, 0.1) is 17.8 Å². The lowest BCUT2D eigenvalue weighted by Crippen LogP contribution is -2.39. The molecule has 29 heavy (non-hydrogen) atoms. The summed E-state index contributed by atoms with van der Waals surface area (Å²) in [7, 11) is 0. The lowest BCUT2D eigenvalue weighted by atomic mass is 9.83. The normalized spacial score (nSPS) is 38.0. The number of halogens is 1. The minimum absolute atomic E-state index is 0. The molecule has 0 radical (unpaired) electrons. The van der Waals surface area contributed by atoms with Crippen molar-refractivity contribution in [3.05, 3.63) is 35.9 Å². The van der Waals surface area contributed by atoms with Gasteiger partial charge in [0.1, 0.15) is 6.61 Å². The van der Waals surface area contributed by atoms with Gasteiger partial charge in [0.25, 0.3) is 0 Å². The number of ether oxygens (including phenoxy) is 1. The van der Waals surface area contributed by atoms with E-state index in [0.717, 1.165) is 30.7 Å². The maximum absolute atomic E-state index is 13.1. The molecule has 5 heteroatoms. The van der Waals surface area contributed by atoms with Crippen LogP contribution in [0.4, 0.5) is 0 Å². The Bertz CT molecular complexity index is 743. The highest BCUT2D eigenvalue weighted by Gasteiger charge is 2.57. The molecule has 0 spiro atoms. The van der Waals surface area contributed by atoms with Gasteiger partial charge in [-0.15, -0.1) is 12.4 Å². The standard InChI is InChI=1S/C24H32N2O2.ClH/c27-22(28-17-18-7-2-1-3-8-18)21-13-12-20-11-6-16-24(20,21)26-25-23-14-4-9-19(23)10-5-15-23;/h1-3,7-8,19-21H,4-6,9-17H2;1H/t19?,20-,21+,23?,24-;/m0./s1. The van der Waals surface area contributed by atoms with Crippen LogP contribution in [0.1, 0.15) is 76.2 Å².